The number of sulfonamides is 1. The minimum Gasteiger partial charge on any atom is -0.395 e. The van der Waals surface area contributed by atoms with Gasteiger partial charge in [0, 0.05) is 22.5 Å². The molecule has 0 atom stereocenters. The molecule has 0 saturated heterocycles. The fourth-order valence-corrected chi connectivity index (χ4v) is 3.40. The normalized spacial score (nSPS) is 11.9. The highest BCUT2D eigenvalue weighted by atomic mass is 35.5. The van der Waals surface area contributed by atoms with Gasteiger partial charge in [-0.05, 0) is 18.2 Å². The van der Waals surface area contributed by atoms with Crippen molar-refractivity contribution in [1.82, 2.24) is 9.71 Å². The van der Waals surface area contributed by atoms with E-state index in [0.29, 0.717) is 10.5 Å². The number of halogens is 1. The summed E-state index contributed by atoms with van der Waals surface area (Å²) >= 11 is 5.85. The second kappa shape index (κ2) is 5.41. The van der Waals surface area contributed by atoms with Crippen molar-refractivity contribution in [3.63, 3.8) is 0 Å². The van der Waals surface area contributed by atoms with Crippen molar-refractivity contribution < 1.29 is 18.3 Å². The Morgan fingerprint density at radius 2 is 2.15 bits per heavy atom. The lowest BCUT2D eigenvalue weighted by molar-refractivity contribution is 0.0993. The molecule has 0 fully saturated rings. The first-order valence-corrected chi connectivity index (χ1v) is 7.44. The zero-order valence-electron chi connectivity index (χ0n) is 10.2. The van der Waals surface area contributed by atoms with Crippen LogP contribution >= 0.6 is 11.6 Å². The Balaban J connectivity index is 2.74. The van der Waals surface area contributed by atoms with Gasteiger partial charge in [0.1, 0.15) is 10.6 Å². The van der Waals surface area contributed by atoms with Crippen LogP contribution in [0.1, 0.15) is 10.5 Å². The van der Waals surface area contributed by atoms with Gasteiger partial charge in [0.15, 0.2) is 0 Å². The monoisotopic (exact) mass is 317 g/mol. The summed E-state index contributed by atoms with van der Waals surface area (Å²) in [7, 11) is -4.00. The number of nitrogens with two attached hydrogens (primary N) is 1. The maximum atomic E-state index is 12.2. The molecule has 1 amide bonds. The van der Waals surface area contributed by atoms with Crippen LogP contribution in [0.2, 0.25) is 5.02 Å². The van der Waals surface area contributed by atoms with Gasteiger partial charge < -0.3 is 15.8 Å². The van der Waals surface area contributed by atoms with Crippen LogP contribution in [0, 0.1) is 0 Å². The molecule has 0 radical (unpaired) electrons. The molecule has 2 aromatic rings. The maximum absolute atomic E-state index is 12.2. The van der Waals surface area contributed by atoms with E-state index in [0.717, 1.165) is 0 Å². The fraction of sp³-hybridized carbons (Fsp3) is 0.182. The number of aliphatic hydroxyl groups is 1. The van der Waals surface area contributed by atoms with Gasteiger partial charge in [-0.2, -0.15) is 0 Å². The molecular formula is C11H12ClN3O4S. The van der Waals surface area contributed by atoms with Crippen molar-refractivity contribution in [2.45, 2.75) is 4.90 Å². The molecule has 7 nitrogen and oxygen atoms in total. The first kappa shape index (κ1) is 14.8. The maximum Gasteiger partial charge on any atom is 0.266 e. The summed E-state index contributed by atoms with van der Waals surface area (Å²) in [4.78, 5) is 13.8. The summed E-state index contributed by atoms with van der Waals surface area (Å²) in [5.41, 5.74) is 5.39. The number of primary amides is 1. The number of rotatable bonds is 5. The van der Waals surface area contributed by atoms with Crippen LogP contribution < -0.4 is 10.5 Å². The zero-order valence-corrected chi connectivity index (χ0v) is 11.8. The minimum atomic E-state index is -4.00. The van der Waals surface area contributed by atoms with Crippen LogP contribution in [0.15, 0.2) is 23.1 Å². The summed E-state index contributed by atoms with van der Waals surface area (Å²) in [6.07, 6.45) is 0. The van der Waals surface area contributed by atoms with Crippen LogP contribution in [0.5, 0.6) is 0 Å². The van der Waals surface area contributed by atoms with Gasteiger partial charge in [-0.15, -0.1) is 0 Å². The second-order valence-corrected chi connectivity index (χ2v) is 6.14. The molecule has 0 unspecified atom stereocenters. The van der Waals surface area contributed by atoms with Crippen LogP contribution in [0.3, 0.4) is 0 Å². The van der Waals surface area contributed by atoms with Gasteiger partial charge in [0.05, 0.1) is 6.61 Å². The quantitative estimate of drug-likeness (QED) is 0.628. The lowest BCUT2D eigenvalue weighted by Crippen LogP contribution is -2.28. The van der Waals surface area contributed by atoms with Crippen molar-refractivity contribution in [2.24, 2.45) is 5.73 Å². The Morgan fingerprint density at radius 1 is 1.45 bits per heavy atom. The van der Waals surface area contributed by atoms with Crippen LogP contribution in [0.25, 0.3) is 10.9 Å². The topological polar surface area (TPSA) is 125 Å². The summed E-state index contributed by atoms with van der Waals surface area (Å²) in [6.45, 7) is -0.540. The molecule has 1 aromatic carbocycles. The second-order valence-electron chi connectivity index (χ2n) is 4.00. The van der Waals surface area contributed by atoms with Crippen molar-refractivity contribution in [2.75, 3.05) is 13.2 Å². The number of aromatic amines is 1. The van der Waals surface area contributed by atoms with Crippen molar-refractivity contribution in [3.05, 3.63) is 28.9 Å². The van der Waals surface area contributed by atoms with E-state index in [-0.39, 0.29) is 29.1 Å². The molecule has 0 saturated carbocycles. The number of hydrogen-bond donors (Lipinski definition) is 4. The number of carbonyl (C=O) groups is 1. The molecule has 5 N–H and O–H groups in total. The van der Waals surface area contributed by atoms with E-state index in [4.69, 9.17) is 22.4 Å². The molecule has 0 aliphatic rings. The van der Waals surface area contributed by atoms with E-state index in [9.17, 15) is 13.2 Å². The fourth-order valence-electron chi connectivity index (χ4n) is 1.84. The van der Waals surface area contributed by atoms with Crippen molar-refractivity contribution in [3.8, 4) is 0 Å². The van der Waals surface area contributed by atoms with E-state index in [2.05, 4.69) is 9.71 Å². The predicted molar refractivity (Wildman–Crippen MR) is 74.1 cm³/mol. The molecule has 2 rings (SSSR count). The Labute approximate surface area is 119 Å². The predicted octanol–water partition coefficient (Wildman–Crippen LogP) is 0.191. The molecule has 20 heavy (non-hydrogen) atoms. The smallest absolute Gasteiger partial charge is 0.266 e. The van der Waals surface area contributed by atoms with E-state index in [1.165, 1.54) is 6.07 Å². The average Bonchev–Trinajstić information content (AvgIpc) is 2.75. The van der Waals surface area contributed by atoms with Gasteiger partial charge in [-0.3, -0.25) is 4.79 Å². The Hall–Kier alpha value is -1.61. The highest BCUT2D eigenvalue weighted by Crippen LogP contribution is 2.29. The molecule has 108 valence electrons. The number of benzene rings is 1. The Morgan fingerprint density at radius 3 is 2.75 bits per heavy atom. The molecule has 0 bridgehead atoms. The summed E-state index contributed by atoms with van der Waals surface area (Å²) < 4.78 is 26.6. The Bertz CT molecular complexity index is 769. The van der Waals surface area contributed by atoms with Gasteiger partial charge in [-0.1, -0.05) is 11.6 Å². The molecule has 0 aliphatic carbocycles. The van der Waals surface area contributed by atoms with E-state index < -0.39 is 15.9 Å². The number of fused-ring (bicyclic) bond motifs is 1. The van der Waals surface area contributed by atoms with E-state index >= 15 is 0 Å². The summed E-state index contributed by atoms with van der Waals surface area (Å²) in [5, 5.41) is 9.30. The summed E-state index contributed by atoms with van der Waals surface area (Å²) in [5.74, 6) is -0.901. The third-order valence-electron chi connectivity index (χ3n) is 2.63. The number of carbonyl (C=O) groups excluding carboxylic acids is 1. The first-order valence-electron chi connectivity index (χ1n) is 5.58. The van der Waals surface area contributed by atoms with Crippen molar-refractivity contribution >= 4 is 38.4 Å². The van der Waals surface area contributed by atoms with Gasteiger partial charge in [0.2, 0.25) is 10.0 Å². The molecule has 0 spiro atoms. The number of aliphatic hydroxyl groups excluding tert-OH is 1. The molecule has 9 heteroatoms. The zero-order chi connectivity index (χ0) is 14.9. The summed E-state index contributed by atoms with van der Waals surface area (Å²) in [6, 6.07) is 4.53. The lowest BCUT2D eigenvalue weighted by atomic mass is 10.2. The third kappa shape index (κ3) is 2.63. The van der Waals surface area contributed by atoms with Gasteiger partial charge in [0.25, 0.3) is 5.91 Å². The number of aromatic nitrogens is 1. The standard InChI is InChI=1S/C11H12ClN3O4S/c12-6-1-2-8-7(5-6)10(9(15-8)11(13)17)20(18,19)14-3-4-16/h1-2,5,14-16H,3-4H2,(H2,13,17). The Kier molecular flexibility index (Phi) is 4.00. The molecular weight excluding hydrogens is 306 g/mol. The van der Waals surface area contributed by atoms with Crippen molar-refractivity contribution in [1.29, 1.82) is 0 Å². The van der Waals surface area contributed by atoms with Crippen LogP contribution in [-0.2, 0) is 10.0 Å². The van der Waals surface area contributed by atoms with Crippen LogP contribution in [-0.4, -0.2) is 37.6 Å². The van der Waals surface area contributed by atoms with Crippen LogP contribution in [0.4, 0.5) is 0 Å². The third-order valence-corrected chi connectivity index (χ3v) is 4.41. The molecule has 1 heterocycles. The first-order chi connectivity index (χ1) is 9.36. The van der Waals surface area contributed by atoms with Gasteiger partial charge >= 0.3 is 0 Å². The number of nitrogens with one attached hydrogen (secondary N) is 2. The minimum absolute atomic E-state index is 0.173. The molecule has 1 aromatic heterocycles. The highest BCUT2D eigenvalue weighted by Gasteiger charge is 2.26. The largest absolute Gasteiger partial charge is 0.395 e. The number of amides is 1. The SMILES string of the molecule is NC(=O)c1[nH]c2ccc(Cl)cc2c1S(=O)(=O)NCCO. The van der Waals surface area contributed by atoms with E-state index in [1.54, 1.807) is 12.1 Å². The van der Waals surface area contributed by atoms with Gasteiger partial charge in [-0.25, -0.2) is 13.1 Å². The highest BCUT2D eigenvalue weighted by molar-refractivity contribution is 7.89. The molecule has 0 aliphatic heterocycles. The average molecular weight is 318 g/mol. The van der Waals surface area contributed by atoms with E-state index in [1.807, 2.05) is 0 Å². The lowest BCUT2D eigenvalue weighted by Gasteiger charge is -2.05. The number of hydrogen-bond acceptors (Lipinski definition) is 4. The number of H-pyrrole nitrogens is 1.